The Balaban J connectivity index is 1.96. The lowest BCUT2D eigenvalue weighted by Crippen LogP contribution is -2.15. The lowest BCUT2D eigenvalue weighted by atomic mass is 10.2. The standard InChI is InChI=1S/C14H17ClN4OS/c1-4-12-17-18-14(19(12)3)21-8-13(20)16-11-7-5-6-10(15)9(11)2/h5-7H,4,8H2,1-3H3,(H,16,20). The van der Waals surface area contributed by atoms with Crippen LogP contribution in [0.5, 0.6) is 0 Å². The molecule has 1 heterocycles. The van der Waals surface area contributed by atoms with Crippen molar-refractivity contribution in [1.82, 2.24) is 14.8 Å². The fourth-order valence-corrected chi connectivity index (χ4v) is 2.74. The van der Waals surface area contributed by atoms with Gasteiger partial charge in [-0.25, -0.2) is 0 Å². The Kier molecular flexibility index (Phi) is 5.25. The van der Waals surface area contributed by atoms with Gasteiger partial charge in [0.1, 0.15) is 5.82 Å². The summed E-state index contributed by atoms with van der Waals surface area (Å²) in [6.07, 6.45) is 0.817. The molecule has 0 saturated carbocycles. The topological polar surface area (TPSA) is 59.8 Å². The number of nitrogens with zero attached hydrogens (tertiary/aromatic N) is 3. The monoisotopic (exact) mass is 324 g/mol. The molecule has 1 aromatic carbocycles. The molecule has 0 aliphatic heterocycles. The summed E-state index contributed by atoms with van der Waals surface area (Å²) >= 11 is 7.40. The van der Waals surface area contributed by atoms with E-state index in [0.29, 0.717) is 5.02 Å². The molecule has 0 fully saturated rings. The van der Waals surface area contributed by atoms with Crippen molar-refractivity contribution in [2.45, 2.75) is 25.4 Å². The second-order valence-corrected chi connectivity index (χ2v) is 5.91. The number of aryl methyl sites for hydroxylation is 1. The quantitative estimate of drug-likeness (QED) is 0.859. The van der Waals surface area contributed by atoms with Crippen LogP contribution in [-0.2, 0) is 18.3 Å². The van der Waals surface area contributed by atoms with Gasteiger partial charge in [-0.3, -0.25) is 4.79 Å². The molecule has 0 saturated heterocycles. The summed E-state index contributed by atoms with van der Waals surface area (Å²) in [4.78, 5) is 12.0. The number of anilines is 1. The smallest absolute Gasteiger partial charge is 0.234 e. The predicted molar refractivity (Wildman–Crippen MR) is 85.9 cm³/mol. The summed E-state index contributed by atoms with van der Waals surface area (Å²) in [7, 11) is 1.90. The summed E-state index contributed by atoms with van der Waals surface area (Å²) < 4.78 is 1.91. The molecular weight excluding hydrogens is 308 g/mol. The number of halogens is 1. The number of hydrogen-bond acceptors (Lipinski definition) is 4. The number of amides is 1. The number of benzene rings is 1. The minimum absolute atomic E-state index is 0.0913. The highest BCUT2D eigenvalue weighted by atomic mass is 35.5. The normalized spacial score (nSPS) is 10.7. The first-order chi connectivity index (χ1) is 10.0. The van der Waals surface area contributed by atoms with Crippen LogP contribution in [0.1, 0.15) is 18.3 Å². The molecule has 1 amide bonds. The lowest BCUT2D eigenvalue weighted by molar-refractivity contribution is -0.113. The van der Waals surface area contributed by atoms with Gasteiger partial charge in [-0.15, -0.1) is 10.2 Å². The molecule has 7 heteroatoms. The van der Waals surface area contributed by atoms with E-state index in [9.17, 15) is 4.79 Å². The van der Waals surface area contributed by atoms with Gasteiger partial charge in [-0.2, -0.15) is 0 Å². The van der Waals surface area contributed by atoms with Crippen LogP contribution in [0.2, 0.25) is 5.02 Å². The van der Waals surface area contributed by atoms with Gasteiger partial charge in [0.15, 0.2) is 5.16 Å². The molecule has 0 aliphatic rings. The maximum Gasteiger partial charge on any atom is 0.234 e. The van der Waals surface area contributed by atoms with E-state index in [1.807, 2.05) is 37.6 Å². The molecule has 0 unspecified atom stereocenters. The van der Waals surface area contributed by atoms with Crippen LogP contribution >= 0.6 is 23.4 Å². The second kappa shape index (κ2) is 6.95. The molecular formula is C14H17ClN4OS. The van der Waals surface area contributed by atoms with Gasteiger partial charge in [-0.1, -0.05) is 36.4 Å². The van der Waals surface area contributed by atoms with Crippen molar-refractivity contribution in [2.24, 2.45) is 7.05 Å². The molecule has 5 nitrogen and oxygen atoms in total. The van der Waals surface area contributed by atoms with Crippen molar-refractivity contribution >= 4 is 35.0 Å². The molecule has 2 aromatic rings. The highest BCUT2D eigenvalue weighted by molar-refractivity contribution is 7.99. The first-order valence-corrected chi connectivity index (χ1v) is 7.95. The average molecular weight is 325 g/mol. The van der Waals surface area contributed by atoms with Gasteiger partial charge < -0.3 is 9.88 Å². The molecule has 0 spiro atoms. The molecule has 1 N–H and O–H groups in total. The number of rotatable bonds is 5. The number of carbonyl (C=O) groups is 1. The maximum absolute atomic E-state index is 12.0. The summed E-state index contributed by atoms with van der Waals surface area (Å²) in [5.74, 6) is 1.09. The van der Waals surface area contributed by atoms with E-state index in [4.69, 9.17) is 11.6 Å². The number of hydrogen-bond donors (Lipinski definition) is 1. The molecule has 112 valence electrons. The molecule has 0 aliphatic carbocycles. The van der Waals surface area contributed by atoms with Gasteiger partial charge in [0.2, 0.25) is 5.91 Å². The molecule has 1 aromatic heterocycles. The van der Waals surface area contributed by atoms with Crippen molar-refractivity contribution in [3.05, 3.63) is 34.6 Å². The van der Waals surface area contributed by atoms with Crippen molar-refractivity contribution in [1.29, 1.82) is 0 Å². The number of carbonyl (C=O) groups excluding carboxylic acids is 1. The summed E-state index contributed by atoms with van der Waals surface area (Å²) in [6, 6.07) is 5.45. The highest BCUT2D eigenvalue weighted by Crippen LogP contribution is 2.23. The fraction of sp³-hybridized carbons (Fsp3) is 0.357. The second-order valence-electron chi connectivity index (χ2n) is 4.56. The van der Waals surface area contributed by atoms with Gasteiger partial charge in [0, 0.05) is 24.2 Å². The van der Waals surface area contributed by atoms with Gasteiger partial charge >= 0.3 is 0 Å². The molecule has 2 rings (SSSR count). The third-order valence-electron chi connectivity index (χ3n) is 3.12. The number of aromatic nitrogens is 3. The van der Waals surface area contributed by atoms with Gasteiger partial charge in [0.05, 0.1) is 5.75 Å². The van der Waals surface area contributed by atoms with E-state index in [1.54, 1.807) is 6.07 Å². The Morgan fingerprint density at radius 2 is 2.19 bits per heavy atom. The lowest BCUT2D eigenvalue weighted by Gasteiger charge is -2.09. The molecule has 21 heavy (non-hydrogen) atoms. The predicted octanol–water partition coefficient (Wildman–Crippen LogP) is 3.07. The van der Waals surface area contributed by atoms with Crippen LogP contribution in [0, 0.1) is 6.92 Å². The first-order valence-electron chi connectivity index (χ1n) is 6.59. The largest absolute Gasteiger partial charge is 0.325 e. The van der Waals surface area contributed by atoms with E-state index in [-0.39, 0.29) is 11.7 Å². The molecule has 0 atom stereocenters. The van der Waals surface area contributed by atoms with Crippen molar-refractivity contribution in [3.63, 3.8) is 0 Å². The SMILES string of the molecule is CCc1nnc(SCC(=O)Nc2cccc(Cl)c2C)n1C. The van der Waals surface area contributed by atoms with Crippen LogP contribution in [0.4, 0.5) is 5.69 Å². The Labute approximate surface area is 133 Å². The van der Waals surface area contributed by atoms with Crippen LogP contribution < -0.4 is 5.32 Å². The van der Waals surface area contributed by atoms with Gasteiger partial charge in [0.25, 0.3) is 0 Å². The zero-order valence-corrected chi connectivity index (χ0v) is 13.8. The van der Waals surface area contributed by atoms with E-state index < -0.39 is 0 Å². The fourth-order valence-electron chi connectivity index (χ4n) is 1.84. The van der Waals surface area contributed by atoms with Gasteiger partial charge in [-0.05, 0) is 24.6 Å². The van der Waals surface area contributed by atoms with E-state index in [1.165, 1.54) is 11.8 Å². The molecule has 0 radical (unpaired) electrons. The van der Waals surface area contributed by atoms with Crippen LogP contribution in [0.15, 0.2) is 23.4 Å². The number of nitrogens with one attached hydrogen (secondary N) is 1. The maximum atomic E-state index is 12.0. The summed E-state index contributed by atoms with van der Waals surface area (Å²) in [5.41, 5.74) is 1.60. The average Bonchev–Trinajstić information content (AvgIpc) is 2.82. The zero-order chi connectivity index (χ0) is 15.4. The van der Waals surface area contributed by atoms with Crippen LogP contribution in [0.25, 0.3) is 0 Å². The Bertz CT molecular complexity index is 656. The Morgan fingerprint density at radius 3 is 2.86 bits per heavy atom. The highest BCUT2D eigenvalue weighted by Gasteiger charge is 2.11. The zero-order valence-electron chi connectivity index (χ0n) is 12.2. The summed E-state index contributed by atoms with van der Waals surface area (Å²) in [6.45, 7) is 3.90. The van der Waals surface area contributed by atoms with E-state index in [2.05, 4.69) is 15.5 Å². The number of thioether (sulfide) groups is 1. The summed E-state index contributed by atoms with van der Waals surface area (Å²) in [5, 5.41) is 12.4. The van der Waals surface area contributed by atoms with Crippen molar-refractivity contribution in [3.8, 4) is 0 Å². The first kappa shape index (κ1) is 15.9. The third-order valence-corrected chi connectivity index (χ3v) is 4.55. The van der Waals surface area contributed by atoms with Crippen LogP contribution in [-0.4, -0.2) is 26.4 Å². The minimum atomic E-state index is -0.0913. The Morgan fingerprint density at radius 1 is 1.43 bits per heavy atom. The van der Waals surface area contributed by atoms with E-state index >= 15 is 0 Å². The van der Waals surface area contributed by atoms with Crippen molar-refractivity contribution < 1.29 is 4.79 Å². The van der Waals surface area contributed by atoms with E-state index in [0.717, 1.165) is 28.7 Å². The minimum Gasteiger partial charge on any atom is -0.325 e. The Hall–Kier alpha value is -1.53. The molecule has 0 bridgehead atoms. The van der Waals surface area contributed by atoms with Crippen molar-refractivity contribution in [2.75, 3.05) is 11.1 Å². The third kappa shape index (κ3) is 3.77. The van der Waals surface area contributed by atoms with Crippen LogP contribution in [0.3, 0.4) is 0 Å².